The van der Waals surface area contributed by atoms with Gasteiger partial charge in [0.1, 0.15) is 5.75 Å². The molecule has 1 amide bonds. The zero-order valence-electron chi connectivity index (χ0n) is 15.2. The fourth-order valence-electron chi connectivity index (χ4n) is 2.45. The van der Waals surface area contributed by atoms with Crippen LogP contribution in [0.5, 0.6) is 5.75 Å². The van der Waals surface area contributed by atoms with Gasteiger partial charge in [-0.05, 0) is 31.0 Å². The molecule has 6 nitrogen and oxygen atoms in total. The largest absolute Gasteiger partial charge is 0.484 e. The molecule has 0 fully saturated rings. The Bertz CT molecular complexity index is 883. The molecule has 27 heavy (non-hydrogen) atoms. The fraction of sp³-hybridized carbons (Fsp3) is 0.250. The number of benzene rings is 2. The van der Waals surface area contributed by atoms with Crippen LogP contribution < -0.4 is 10.1 Å². The maximum atomic E-state index is 12.1. The van der Waals surface area contributed by atoms with Gasteiger partial charge >= 0.3 is 0 Å². The first-order chi connectivity index (χ1) is 13.1. The molecule has 0 radical (unpaired) electrons. The Morgan fingerprint density at radius 3 is 2.67 bits per heavy atom. The Balaban J connectivity index is 1.45. The van der Waals surface area contributed by atoms with Crippen molar-refractivity contribution < 1.29 is 13.9 Å². The van der Waals surface area contributed by atoms with E-state index < -0.39 is 0 Å². The van der Waals surface area contributed by atoms with Crippen molar-refractivity contribution in [1.82, 2.24) is 15.5 Å². The lowest BCUT2D eigenvalue weighted by atomic mass is 10.1. The number of amides is 1. The number of carbonyl (C=O) groups is 1. The molecule has 0 spiro atoms. The van der Waals surface area contributed by atoms with Crippen molar-refractivity contribution in [2.24, 2.45) is 0 Å². The molecule has 0 saturated carbocycles. The minimum absolute atomic E-state index is 0.0555. The molecule has 0 unspecified atom stereocenters. The monoisotopic (exact) mass is 383 g/mol. The Morgan fingerprint density at radius 2 is 1.89 bits per heavy atom. The van der Waals surface area contributed by atoms with Gasteiger partial charge in [-0.3, -0.25) is 4.79 Å². The summed E-state index contributed by atoms with van der Waals surface area (Å²) in [5.74, 6) is 1.27. The quantitative estimate of drug-likeness (QED) is 0.594. The van der Waals surface area contributed by atoms with Crippen LogP contribution in [0.1, 0.15) is 30.0 Å². The fourth-order valence-corrected chi connectivity index (χ4v) is 3.04. The van der Waals surface area contributed by atoms with E-state index in [-0.39, 0.29) is 24.3 Å². The van der Waals surface area contributed by atoms with Crippen LogP contribution in [0.25, 0.3) is 0 Å². The highest BCUT2D eigenvalue weighted by molar-refractivity contribution is 7.99. The number of aromatic nitrogens is 2. The molecule has 1 aromatic heterocycles. The van der Waals surface area contributed by atoms with Gasteiger partial charge in [-0.15, -0.1) is 10.2 Å². The second kappa shape index (κ2) is 9.23. The van der Waals surface area contributed by atoms with E-state index in [0.29, 0.717) is 11.1 Å². The highest BCUT2D eigenvalue weighted by Crippen LogP contribution is 2.20. The lowest BCUT2D eigenvalue weighted by Gasteiger charge is -2.13. The molecule has 0 saturated heterocycles. The third kappa shape index (κ3) is 5.59. The van der Waals surface area contributed by atoms with Gasteiger partial charge in [0, 0.05) is 0 Å². The molecule has 2 aromatic carbocycles. The van der Waals surface area contributed by atoms with E-state index in [1.807, 2.05) is 68.4 Å². The van der Waals surface area contributed by atoms with Crippen LogP contribution in [0.3, 0.4) is 0 Å². The first-order valence-electron chi connectivity index (χ1n) is 8.60. The Labute approximate surface area is 162 Å². The van der Waals surface area contributed by atoms with E-state index in [2.05, 4.69) is 15.5 Å². The van der Waals surface area contributed by atoms with Crippen LogP contribution in [0.4, 0.5) is 0 Å². The molecule has 1 atom stereocenters. The zero-order valence-corrected chi connectivity index (χ0v) is 16.0. The molecule has 1 N–H and O–H groups in total. The van der Waals surface area contributed by atoms with Crippen molar-refractivity contribution in [3.05, 3.63) is 71.6 Å². The van der Waals surface area contributed by atoms with Crippen molar-refractivity contribution >= 4 is 17.7 Å². The highest BCUT2D eigenvalue weighted by Gasteiger charge is 2.13. The van der Waals surface area contributed by atoms with Gasteiger partial charge in [0.05, 0.1) is 11.8 Å². The third-order valence-electron chi connectivity index (χ3n) is 3.90. The SMILES string of the molecule is Cc1ccccc1OCc1nnc(SCC(=O)N[C@@H](C)c2ccccc2)o1. The molecule has 0 bridgehead atoms. The van der Waals surface area contributed by atoms with Crippen LogP contribution in [0, 0.1) is 6.92 Å². The number of rotatable bonds is 8. The van der Waals surface area contributed by atoms with E-state index in [1.165, 1.54) is 11.8 Å². The summed E-state index contributed by atoms with van der Waals surface area (Å²) in [6.45, 7) is 4.11. The summed E-state index contributed by atoms with van der Waals surface area (Å²) in [5.41, 5.74) is 2.10. The summed E-state index contributed by atoms with van der Waals surface area (Å²) < 4.78 is 11.2. The maximum absolute atomic E-state index is 12.1. The van der Waals surface area contributed by atoms with Gasteiger partial charge in [0.15, 0.2) is 6.61 Å². The molecule has 0 aliphatic rings. The number of nitrogens with one attached hydrogen (secondary N) is 1. The zero-order chi connectivity index (χ0) is 19.1. The summed E-state index contributed by atoms with van der Waals surface area (Å²) >= 11 is 1.20. The van der Waals surface area contributed by atoms with Crippen molar-refractivity contribution in [2.75, 3.05) is 5.75 Å². The topological polar surface area (TPSA) is 77.2 Å². The van der Waals surface area contributed by atoms with Crippen molar-refractivity contribution in [1.29, 1.82) is 0 Å². The van der Waals surface area contributed by atoms with Gasteiger partial charge < -0.3 is 14.5 Å². The second-order valence-corrected chi connectivity index (χ2v) is 6.93. The minimum atomic E-state index is -0.0905. The lowest BCUT2D eigenvalue weighted by Crippen LogP contribution is -2.28. The van der Waals surface area contributed by atoms with Crippen LogP contribution in [-0.2, 0) is 11.4 Å². The lowest BCUT2D eigenvalue weighted by molar-refractivity contribution is -0.119. The van der Waals surface area contributed by atoms with Crippen LogP contribution in [0.15, 0.2) is 64.2 Å². The predicted molar refractivity (Wildman–Crippen MR) is 104 cm³/mol. The summed E-state index contributed by atoms with van der Waals surface area (Å²) in [7, 11) is 0. The number of thioether (sulfide) groups is 1. The summed E-state index contributed by atoms with van der Waals surface area (Å²) in [4.78, 5) is 12.1. The van der Waals surface area contributed by atoms with Crippen molar-refractivity contribution in [2.45, 2.75) is 31.7 Å². The number of hydrogen-bond acceptors (Lipinski definition) is 6. The van der Waals surface area contributed by atoms with E-state index in [0.717, 1.165) is 16.9 Å². The van der Waals surface area contributed by atoms with Crippen LogP contribution in [-0.4, -0.2) is 21.9 Å². The van der Waals surface area contributed by atoms with E-state index in [1.54, 1.807) is 0 Å². The standard InChI is InChI=1S/C20H21N3O3S/c1-14-8-6-7-11-17(14)25-12-19-22-23-20(26-19)27-13-18(24)21-15(2)16-9-4-3-5-10-16/h3-11,15H,12-13H2,1-2H3,(H,21,24)/t15-/m0/s1. The Kier molecular flexibility index (Phi) is 6.49. The predicted octanol–water partition coefficient (Wildman–Crippen LogP) is 3.93. The first kappa shape index (κ1) is 19.0. The van der Waals surface area contributed by atoms with E-state index in [4.69, 9.17) is 9.15 Å². The Morgan fingerprint density at radius 1 is 1.15 bits per heavy atom. The number of aryl methyl sites for hydroxylation is 1. The molecule has 3 rings (SSSR count). The average molecular weight is 383 g/mol. The average Bonchev–Trinajstić information content (AvgIpc) is 3.14. The normalized spacial score (nSPS) is 11.8. The molecule has 3 aromatic rings. The van der Waals surface area contributed by atoms with Gasteiger partial charge in [0.2, 0.25) is 5.91 Å². The smallest absolute Gasteiger partial charge is 0.277 e. The number of hydrogen-bond donors (Lipinski definition) is 1. The molecule has 1 heterocycles. The number of para-hydroxylation sites is 1. The molecule has 140 valence electrons. The number of nitrogens with zero attached hydrogens (tertiary/aromatic N) is 2. The first-order valence-corrected chi connectivity index (χ1v) is 9.58. The second-order valence-electron chi connectivity index (χ2n) is 6.00. The van der Waals surface area contributed by atoms with Gasteiger partial charge in [0.25, 0.3) is 11.1 Å². The summed E-state index contributed by atoms with van der Waals surface area (Å²) in [5, 5.41) is 11.2. The van der Waals surface area contributed by atoms with Gasteiger partial charge in [-0.1, -0.05) is 60.3 Å². The van der Waals surface area contributed by atoms with Gasteiger partial charge in [-0.2, -0.15) is 0 Å². The molecular formula is C20H21N3O3S. The van der Waals surface area contributed by atoms with Crippen molar-refractivity contribution in [3.63, 3.8) is 0 Å². The van der Waals surface area contributed by atoms with Crippen LogP contribution >= 0.6 is 11.8 Å². The van der Waals surface area contributed by atoms with Crippen molar-refractivity contribution in [3.8, 4) is 5.75 Å². The maximum Gasteiger partial charge on any atom is 0.277 e. The Hall–Kier alpha value is -2.80. The van der Waals surface area contributed by atoms with Gasteiger partial charge in [-0.25, -0.2) is 0 Å². The third-order valence-corrected chi connectivity index (χ3v) is 4.72. The molecule has 0 aliphatic heterocycles. The summed E-state index contributed by atoms with van der Waals surface area (Å²) in [6.07, 6.45) is 0. The molecule has 0 aliphatic carbocycles. The minimum Gasteiger partial charge on any atom is -0.484 e. The van der Waals surface area contributed by atoms with Crippen LogP contribution in [0.2, 0.25) is 0 Å². The molecular weight excluding hydrogens is 362 g/mol. The van der Waals surface area contributed by atoms with E-state index in [9.17, 15) is 4.79 Å². The summed E-state index contributed by atoms with van der Waals surface area (Å²) in [6, 6.07) is 17.5. The highest BCUT2D eigenvalue weighted by atomic mass is 32.2. The molecule has 7 heteroatoms. The number of carbonyl (C=O) groups excluding carboxylic acids is 1. The number of ether oxygens (including phenoxy) is 1. The van der Waals surface area contributed by atoms with E-state index >= 15 is 0 Å².